The molecule has 2 heterocycles. The zero-order valence-corrected chi connectivity index (χ0v) is 12.6. The summed E-state index contributed by atoms with van der Waals surface area (Å²) >= 11 is 0. The van der Waals surface area contributed by atoms with Crippen molar-refractivity contribution < 1.29 is 9.72 Å². The molecule has 3 rings (SSSR count). The quantitative estimate of drug-likeness (QED) is 0.669. The van der Waals surface area contributed by atoms with Crippen LogP contribution in [0, 0.1) is 10.1 Å². The number of hydrogen-bond donors (Lipinski definition) is 1. The van der Waals surface area contributed by atoms with Crippen molar-refractivity contribution in [2.75, 3.05) is 19.6 Å². The molecule has 1 aromatic carbocycles. The molecule has 6 nitrogen and oxygen atoms in total. The van der Waals surface area contributed by atoms with E-state index in [9.17, 15) is 14.9 Å². The number of amides is 1. The highest BCUT2D eigenvalue weighted by atomic mass is 16.6. The molecule has 0 aliphatic carbocycles. The lowest BCUT2D eigenvalue weighted by Crippen LogP contribution is -2.41. The maximum atomic E-state index is 12.1. The standard InChI is InChI=1S/C16H21N3O3/c20-15(13-3-5-14(6-4-13)19(21)22)17-10-9-16-7-1-11-18(16)12-2-8-16/h3-6H,1-2,7-12H2,(H,17,20). The average Bonchev–Trinajstić information content (AvgIpc) is 3.07. The predicted molar refractivity (Wildman–Crippen MR) is 82.8 cm³/mol. The lowest BCUT2D eigenvalue weighted by atomic mass is 9.90. The first-order valence-electron chi connectivity index (χ1n) is 7.88. The monoisotopic (exact) mass is 303 g/mol. The number of non-ortho nitro benzene ring substituents is 1. The fraction of sp³-hybridized carbons (Fsp3) is 0.562. The molecular formula is C16H21N3O3. The van der Waals surface area contributed by atoms with Gasteiger partial charge >= 0.3 is 0 Å². The molecule has 6 heteroatoms. The summed E-state index contributed by atoms with van der Waals surface area (Å²) in [6.45, 7) is 3.04. The Labute approximate surface area is 129 Å². The fourth-order valence-corrected chi connectivity index (χ4v) is 3.88. The van der Waals surface area contributed by atoms with Gasteiger partial charge in [0.05, 0.1) is 4.92 Å². The zero-order valence-electron chi connectivity index (χ0n) is 12.6. The highest BCUT2D eigenvalue weighted by molar-refractivity contribution is 5.94. The van der Waals surface area contributed by atoms with Crippen LogP contribution in [0.4, 0.5) is 5.69 Å². The molecule has 0 saturated carbocycles. The van der Waals surface area contributed by atoms with Gasteiger partial charge < -0.3 is 5.32 Å². The Bertz CT molecular complexity index is 561. The van der Waals surface area contributed by atoms with Gasteiger partial charge in [0.1, 0.15) is 0 Å². The van der Waals surface area contributed by atoms with Crippen LogP contribution in [0.25, 0.3) is 0 Å². The Kier molecular flexibility index (Phi) is 4.11. The first-order valence-corrected chi connectivity index (χ1v) is 7.88. The van der Waals surface area contributed by atoms with E-state index in [4.69, 9.17) is 0 Å². The molecule has 2 aliphatic rings. The van der Waals surface area contributed by atoms with E-state index < -0.39 is 4.92 Å². The second kappa shape index (κ2) is 6.04. The first-order chi connectivity index (χ1) is 10.6. The lowest BCUT2D eigenvalue weighted by Gasteiger charge is -2.32. The van der Waals surface area contributed by atoms with Gasteiger partial charge in [-0.05, 0) is 57.3 Å². The highest BCUT2D eigenvalue weighted by Crippen LogP contribution is 2.40. The molecule has 0 atom stereocenters. The van der Waals surface area contributed by atoms with E-state index in [0.29, 0.717) is 17.6 Å². The smallest absolute Gasteiger partial charge is 0.269 e. The molecule has 1 aromatic rings. The van der Waals surface area contributed by atoms with E-state index in [-0.39, 0.29) is 11.6 Å². The minimum Gasteiger partial charge on any atom is -0.352 e. The van der Waals surface area contributed by atoms with Gasteiger partial charge in [0.15, 0.2) is 0 Å². The fourth-order valence-electron chi connectivity index (χ4n) is 3.88. The van der Waals surface area contributed by atoms with Crippen molar-refractivity contribution in [1.29, 1.82) is 0 Å². The van der Waals surface area contributed by atoms with Crippen LogP contribution in [0.1, 0.15) is 42.5 Å². The SMILES string of the molecule is O=C(NCCC12CCCN1CCC2)c1ccc([N+](=O)[O-])cc1. The normalized spacial score (nSPS) is 19.8. The summed E-state index contributed by atoms with van der Waals surface area (Å²) in [6.07, 6.45) is 5.99. The van der Waals surface area contributed by atoms with Crippen molar-refractivity contribution in [3.05, 3.63) is 39.9 Å². The minimum atomic E-state index is -0.463. The van der Waals surface area contributed by atoms with Gasteiger partial charge in [-0.25, -0.2) is 0 Å². The van der Waals surface area contributed by atoms with Crippen LogP contribution in [-0.4, -0.2) is 40.9 Å². The molecule has 1 amide bonds. The maximum absolute atomic E-state index is 12.1. The number of fused-ring (bicyclic) bond motifs is 1. The van der Waals surface area contributed by atoms with Crippen molar-refractivity contribution in [3.63, 3.8) is 0 Å². The third-order valence-corrected chi connectivity index (χ3v) is 5.03. The molecule has 0 bridgehead atoms. The molecule has 0 radical (unpaired) electrons. The second-order valence-electron chi connectivity index (χ2n) is 6.23. The summed E-state index contributed by atoms with van der Waals surface area (Å²) in [4.78, 5) is 24.8. The Morgan fingerprint density at radius 2 is 1.86 bits per heavy atom. The topological polar surface area (TPSA) is 75.5 Å². The summed E-state index contributed by atoms with van der Waals surface area (Å²) in [5.74, 6) is -0.158. The highest BCUT2D eigenvalue weighted by Gasteiger charge is 2.43. The summed E-state index contributed by atoms with van der Waals surface area (Å²) in [6, 6.07) is 5.74. The molecule has 118 valence electrons. The van der Waals surface area contributed by atoms with Crippen molar-refractivity contribution in [1.82, 2.24) is 10.2 Å². The number of carbonyl (C=O) groups is 1. The van der Waals surface area contributed by atoms with Crippen molar-refractivity contribution in [2.45, 2.75) is 37.6 Å². The van der Waals surface area contributed by atoms with Crippen LogP contribution in [0.2, 0.25) is 0 Å². The second-order valence-corrected chi connectivity index (χ2v) is 6.23. The summed E-state index contributed by atoms with van der Waals surface area (Å²) in [5.41, 5.74) is 0.781. The van der Waals surface area contributed by atoms with Gasteiger partial charge in [-0.1, -0.05) is 0 Å². The van der Waals surface area contributed by atoms with E-state index in [1.807, 2.05) is 0 Å². The maximum Gasteiger partial charge on any atom is 0.269 e. The average molecular weight is 303 g/mol. The van der Waals surface area contributed by atoms with Crippen LogP contribution in [0.15, 0.2) is 24.3 Å². The third kappa shape index (κ3) is 2.83. The molecule has 2 fully saturated rings. The largest absolute Gasteiger partial charge is 0.352 e. The number of rotatable bonds is 5. The number of carbonyl (C=O) groups excluding carboxylic acids is 1. The molecule has 0 unspecified atom stereocenters. The number of nitrogens with one attached hydrogen (secondary N) is 1. The van der Waals surface area contributed by atoms with Crippen molar-refractivity contribution in [3.8, 4) is 0 Å². The third-order valence-electron chi connectivity index (χ3n) is 5.03. The Morgan fingerprint density at radius 1 is 1.23 bits per heavy atom. The van der Waals surface area contributed by atoms with Gasteiger partial charge in [0.2, 0.25) is 0 Å². The Morgan fingerprint density at radius 3 is 2.45 bits per heavy atom. The summed E-state index contributed by atoms with van der Waals surface area (Å²) in [7, 11) is 0. The van der Waals surface area contributed by atoms with Crippen LogP contribution in [-0.2, 0) is 0 Å². The predicted octanol–water partition coefficient (Wildman–Crippen LogP) is 2.34. The number of nitrogens with zero attached hydrogens (tertiary/aromatic N) is 2. The summed E-state index contributed by atoms with van der Waals surface area (Å²) < 4.78 is 0. The number of nitro groups is 1. The molecular weight excluding hydrogens is 282 g/mol. The molecule has 2 saturated heterocycles. The number of benzene rings is 1. The number of nitro benzene ring substituents is 1. The molecule has 0 spiro atoms. The van der Waals surface area contributed by atoms with E-state index in [1.54, 1.807) is 0 Å². The number of hydrogen-bond acceptors (Lipinski definition) is 4. The first kappa shape index (κ1) is 15.0. The Hall–Kier alpha value is -1.95. The van der Waals surface area contributed by atoms with Gasteiger partial charge in [-0.15, -0.1) is 0 Å². The molecule has 1 N–H and O–H groups in total. The summed E-state index contributed by atoms with van der Waals surface area (Å²) in [5, 5.41) is 13.6. The van der Waals surface area contributed by atoms with Gasteiger partial charge in [0.25, 0.3) is 11.6 Å². The molecule has 22 heavy (non-hydrogen) atoms. The van der Waals surface area contributed by atoms with Gasteiger partial charge in [0, 0.05) is 29.8 Å². The van der Waals surface area contributed by atoms with Crippen LogP contribution in [0.5, 0.6) is 0 Å². The van der Waals surface area contributed by atoms with Crippen LogP contribution in [0.3, 0.4) is 0 Å². The van der Waals surface area contributed by atoms with E-state index >= 15 is 0 Å². The van der Waals surface area contributed by atoms with E-state index in [2.05, 4.69) is 10.2 Å². The van der Waals surface area contributed by atoms with Crippen molar-refractivity contribution in [2.24, 2.45) is 0 Å². The van der Waals surface area contributed by atoms with Crippen LogP contribution >= 0.6 is 0 Å². The van der Waals surface area contributed by atoms with Crippen LogP contribution < -0.4 is 5.32 Å². The van der Waals surface area contributed by atoms with Crippen molar-refractivity contribution >= 4 is 11.6 Å². The zero-order chi connectivity index (χ0) is 15.6. The minimum absolute atomic E-state index is 0.00277. The Balaban J connectivity index is 1.53. The lowest BCUT2D eigenvalue weighted by molar-refractivity contribution is -0.384. The van der Waals surface area contributed by atoms with Gasteiger partial charge in [-0.2, -0.15) is 0 Å². The van der Waals surface area contributed by atoms with E-state index in [1.165, 1.54) is 63.0 Å². The molecule has 0 aromatic heterocycles. The van der Waals surface area contributed by atoms with Gasteiger partial charge in [-0.3, -0.25) is 19.8 Å². The molecule has 2 aliphatic heterocycles. The van der Waals surface area contributed by atoms with E-state index in [0.717, 1.165) is 6.42 Å².